The number of rotatable bonds is 7. The Bertz CT molecular complexity index is 1400. The van der Waals surface area contributed by atoms with Crippen molar-refractivity contribution in [2.24, 2.45) is 0 Å². The van der Waals surface area contributed by atoms with Crippen molar-refractivity contribution >= 4 is 23.2 Å². The first-order valence-corrected chi connectivity index (χ1v) is 12.5. The molecule has 192 valence electrons. The lowest BCUT2D eigenvalue weighted by atomic mass is 10.1. The van der Waals surface area contributed by atoms with E-state index in [2.05, 4.69) is 10.2 Å². The highest BCUT2D eigenvalue weighted by atomic mass is 19.1. The van der Waals surface area contributed by atoms with Crippen molar-refractivity contribution in [3.8, 4) is 5.75 Å². The van der Waals surface area contributed by atoms with Gasteiger partial charge in [0, 0.05) is 43.1 Å². The Morgan fingerprint density at radius 1 is 0.789 bits per heavy atom. The molecule has 0 atom stereocenters. The van der Waals surface area contributed by atoms with Gasteiger partial charge in [-0.1, -0.05) is 48.5 Å². The Morgan fingerprint density at radius 2 is 1.50 bits per heavy atom. The summed E-state index contributed by atoms with van der Waals surface area (Å²) in [6.07, 6.45) is 0. The maximum atomic E-state index is 14.0. The number of benzene rings is 4. The van der Waals surface area contributed by atoms with Crippen LogP contribution in [0.15, 0.2) is 103 Å². The molecule has 0 saturated carbocycles. The molecule has 4 aromatic carbocycles. The Labute approximate surface area is 221 Å². The summed E-state index contributed by atoms with van der Waals surface area (Å²) in [6, 6.07) is 30.7. The Hall–Kier alpha value is -4.65. The molecule has 0 unspecified atom stereocenters. The molecular formula is C31H28FN3O3. The third kappa shape index (κ3) is 6.00. The molecule has 0 radical (unpaired) electrons. The topological polar surface area (TPSA) is 61.9 Å². The first-order valence-electron chi connectivity index (χ1n) is 12.5. The lowest BCUT2D eigenvalue weighted by Gasteiger charge is -2.36. The quantitative estimate of drug-likeness (QED) is 0.351. The number of nitrogens with one attached hydrogen (secondary N) is 1. The Morgan fingerprint density at radius 3 is 2.24 bits per heavy atom. The van der Waals surface area contributed by atoms with Crippen LogP contribution in [0.2, 0.25) is 0 Å². The van der Waals surface area contributed by atoms with Crippen LogP contribution in [-0.4, -0.2) is 42.9 Å². The molecule has 1 fully saturated rings. The van der Waals surface area contributed by atoms with E-state index in [-0.39, 0.29) is 17.4 Å². The van der Waals surface area contributed by atoms with E-state index in [1.54, 1.807) is 35.2 Å². The van der Waals surface area contributed by atoms with E-state index in [9.17, 15) is 14.0 Å². The van der Waals surface area contributed by atoms with Gasteiger partial charge in [-0.25, -0.2) is 4.39 Å². The van der Waals surface area contributed by atoms with Gasteiger partial charge in [0.15, 0.2) is 0 Å². The van der Waals surface area contributed by atoms with Crippen molar-refractivity contribution < 1.29 is 18.7 Å². The number of carbonyl (C=O) groups is 2. The summed E-state index contributed by atoms with van der Waals surface area (Å²) in [5.41, 5.74) is 3.35. The molecular weight excluding hydrogens is 481 g/mol. The van der Waals surface area contributed by atoms with Crippen LogP contribution in [0, 0.1) is 5.82 Å². The van der Waals surface area contributed by atoms with Crippen molar-refractivity contribution in [1.82, 2.24) is 4.90 Å². The van der Waals surface area contributed by atoms with Crippen LogP contribution in [-0.2, 0) is 6.61 Å². The van der Waals surface area contributed by atoms with E-state index in [1.807, 2.05) is 60.7 Å². The van der Waals surface area contributed by atoms with Gasteiger partial charge in [-0.05, 0) is 60.2 Å². The smallest absolute Gasteiger partial charge is 0.256 e. The Balaban J connectivity index is 1.14. The predicted octanol–water partition coefficient (Wildman–Crippen LogP) is 5.62. The van der Waals surface area contributed by atoms with Crippen molar-refractivity contribution in [3.63, 3.8) is 0 Å². The minimum atomic E-state index is -0.496. The molecule has 0 spiro atoms. The van der Waals surface area contributed by atoms with E-state index < -0.39 is 5.82 Å². The van der Waals surface area contributed by atoms with Crippen molar-refractivity contribution in [1.29, 1.82) is 0 Å². The number of nitrogens with zero attached hydrogens (tertiary/aromatic N) is 2. The number of hydrogen-bond acceptors (Lipinski definition) is 4. The van der Waals surface area contributed by atoms with Crippen LogP contribution in [0.4, 0.5) is 15.8 Å². The van der Waals surface area contributed by atoms with Gasteiger partial charge in [0.2, 0.25) is 0 Å². The second-order valence-electron chi connectivity index (χ2n) is 9.06. The molecule has 0 aliphatic carbocycles. The molecule has 6 nitrogen and oxygen atoms in total. The summed E-state index contributed by atoms with van der Waals surface area (Å²) in [6.45, 7) is 2.73. The van der Waals surface area contributed by atoms with Gasteiger partial charge in [0.1, 0.15) is 18.2 Å². The van der Waals surface area contributed by atoms with Gasteiger partial charge in [0.25, 0.3) is 11.8 Å². The lowest BCUT2D eigenvalue weighted by Crippen LogP contribution is -2.49. The number of ether oxygens (including phenoxy) is 1. The van der Waals surface area contributed by atoms with Gasteiger partial charge < -0.3 is 19.9 Å². The van der Waals surface area contributed by atoms with Crippen LogP contribution in [0.3, 0.4) is 0 Å². The fourth-order valence-corrected chi connectivity index (χ4v) is 4.40. The van der Waals surface area contributed by atoms with E-state index >= 15 is 0 Å². The second-order valence-corrected chi connectivity index (χ2v) is 9.06. The highest BCUT2D eigenvalue weighted by molar-refractivity contribution is 6.04. The third-order valence-electron chi connectivity index (χ3n) is 6.51. The van der Waals surface area contributed by atoms with E-state index in [0.29, 0.717) is 49.8 Å². The van der Waals surface area contributed by atoms with Gasteiger partial charge in [-0.3, -0.25) is 9.59 Å². The van der Waals surface area contributed by atoms with E-state index in [1.165, 1.54) is 12.1 Å². The number of piperazine rings is 1. The molecule has 1 N–H and O–H groups in total. The minimum absolute atomic E-state index is 0.106. The van der Waals surface area contributed by atoms with E-state index in [0.717, 1.165) is 11.3 Å². The van der Waals surface area contributed by atoms with Gasteiger partial charge in [-0.2, -0.15) is 0 Å². The monoisotopic (exact) mass is 509 g/mol. The zero-order valence-corrected chi connectivity index (χ0v) is 20.8. The third-order valence-corrected chi connectivity index (χ3v) is 6.51. The van der Waals surface area contributed by atoms with Crippen LogP contribution < -0.4 is 15.0 Å². The summed E-state index contributed by atoms with van der Waals surface area (Å²) in [5.74, 6) is -0.369. The normalized spacial score (nSPS) is 13.2. The molecule has 4 aromatic rings. The summed E-state index contributed by atoms with van der Waals surface area (Å²) in [5, 5.41) is 2.93. The number of halogens is 1. The van der Waals surface area contributed by atoms with Gasteiger partial charge >= 0.3 is 0 Å². The highest BCUT2D eigenvalue weighted by Crippen LogP contribution is 2.22. The zero-order chi connectivity index (χ0) is 26.3. The largest absolute Gasteiger partial charge is 0.489 e. The van der Waals surface area contributed by atoms with Crippen molar-refractivity contribution in [3.05, 3.63) is 126 Å². The molecule has 7 heteroatoms. The summed E-state index contributed by atoms with van der Waals surface area (Å²) >= 11 is 0. The number of hydrogen-bond donors (Lipinski definition) is 1. The fraction of sp³-hybridized carbons (Fsp3) is 0.161. The van der Waals surface area contributed by atoms with Crippen LogP contribution in [0.25, 0.3) is 0 Å². The summed E-state index contributed by atoms with van der Waals surface area (Å²) in [4.78, 5) is 29.3. The summed E-state index contributed by atoms with van der Waals surface area (Å²) in [7, 11) is 0. The lowest BCUT2D eigenvalue weighted by molar-refractivity contribution is 0.0742. The molecule has 1 saturated heterocycles. The van der Waals surface area contributed by atoms with E-state index in [4.69, 9.17) is 4.74 Å². The maximum absolute atomic E-state index is 14.0. The second kappa shape index (κ2) is 11.6. The molecule has 38 heavy (non-hydrogen) atoms. The number of anilines is 2. The molecule has 1 aliphatic heterocycles. The average molecular weight is 510 g/mol. The van der Waals surface area contributed by atoms with Crippen LogP contribution in [0.5, 0.6) is 5.75 Å². The average Bonchev–Trinajstić information content (AvgIpc) is 2.97. The molecule has 0 aromatic heterocycles. The fourth-order valence-electron chi connectivity index (χ4n) is 4.40. The SMILES string of the molecule is O=C(Nc1ccc(N2CCN(C(=O)c3ccccc3F)CC2)cc1)c1cccc(OCc2ccccc2)c1. The molecule has 2 amide bonds. The van der Waals surface area contributed by atoms with Crippen LogP contribution in [0.1, 0.15) is 26.3 Å². The van der Waals surface area contributed by atoms with Crippen molar-refractivity contribution in [2.75, 3.05) is 36.4 Å². The molecule has 0 bridgehead atoms. The standard InChI is InChI=1S/C31H28FN3O3/c32-29-12-5-4-11-28(29)31(37)35-19-17-34(18-20-35)26-15-13-25(14-16-26)33-30(36)24-9-6-10-27(21-24)38-22-23-7-2-1-3-8-23/h1-16,21H,17-20,22H2,(H,33,36). The molecule has 1 heterocycles. The minimum Gasteiger partial charge on any atom is -0.489 e. The van der Waals surface area contributed by atoms with Crippen LogP contribution >= 0.6 is 0 Å². The zero-order valence-electron chi connectivity index (χ0n) is 20.8. The summed E-state index contributed by atoms with van der Waals surface area (Å²) < 4.78 is 19.8. The number of carbonyl (C=O) groups excluding carboxylic acids is 2. The van der Waals surface area contributed by atoms with Crippen molar-refractivity contribution in [2.45, 2.75) is 6.61 Å². The number of amides is 2. The first-order chi connectivity index (χ1) is 18.6. The maximum Gasteiger partial charge on any atom is 0.256 e. The van der Waals surface area contributed by atoms with Gasteiger partial charge in [0.05, 0.1) is 5.56 Å². The van der Waals surface area contributed by atoms with Gasteiger partial charge in [-0.15, -0.1) is 0 Å². The predicted molar refractivity (Wildman–Crippen MR) is 146 cm³/mol. The molecule has 1 aliphatic rings. The highest BCUT2D eigenvalue weighted by Gasteiger charge is 2.24. The Kier molecular flexibility index (Phi) is 7.64. The first kappa shape index (κ1) is 25.0. The molecule has 5 rings (SSSR count).